The molecular formula is C10H6N6O2. The standard InChI is InChI=1S/C10H6N6O2/c11-6-8(10-12-14-15-13-10)5-7-1-3-9(4-2-7)16(17)18/h1-5H,(H,12,13,14,15)/b8-5+. The van der Waals surface area contributed by atoms with Crippen LogP contribution < -0.4 is 0 Å². The average molecular weight is 242 g/mol. The lowest BCUT2D eigenvalue weighted by molar-refractivity contribution is -0.384. The molecular weight excluding hydrogens is 236 g/mol. The number of nitrogens with zero attached hydrogens (tertiary/aromatic N) is 5. The number of H-pyrrole nitrogens is 1. The van der Waals surface area contributed by atoms with E-state index in [1.54, 1.807) is 0 Å². The molecule has 1 aromatic carbocycles. The number of tetrazole rings is 1. The van der Waals surface area contributed by atoms with Crippen LogP contribution in [0.4, 0.5) is 5.69 Å². The average Bonchev–Trinajstić information content (AvgIpc) is 2.90. The Kier molecular flexibility index (Phi) is 3.06. The maximum absolute atomic E-state index is 10.5. The van der Waals surface area contributed by atoms with Crippen molar-refractivity contribution in [3.05, 3.63) is 45.8 Å². The van der Waals surface area contributed by atoms with Gasteiger partial charge in [-0.2, -0.15) is 10.5 Å². The molecule has 0 radical (unpaired) electrons. The fourth-order valence-electron chi connectivity index (χ4n) is 1.28. The number of nitriles is 1. The van der Waals surface area contributed by atoms with Crippen molar-refractivity contribution in [2.75, 3.05) is 0 Å². The van der Waals surface area contributed by atoms with E-state index in [1.807, 2.05) is 6.07 Å². The van der Waals surface area contributed by atoms with Crippen molar-refractivity contribution >= 4 is 17.3 Å². The molecule has 8 heteroatoms. The van der Waals surface area contributed by atoms with Crippen molar-refractivity contribution in [1.29, 1.82) is 5.26 Å². The smallest absolute Gasteiger partial charge is 0.258 e. The fourth-order valence-corrected chi connectivity index (χ4v) is 1.28. The van der Waals surface area contributed by atoms with E-state index in [2.05, 4.69) is 20.6 Å². The molecule has 0 spiro atoms. The van der Waals surface area contributed by atoms with Gasteiger partial charge in [0.2, 0.25) is 5.82 Å². The minimum absolute atomic E-state index is 0.00906. The normalized spacial score (nSPS) is 10.9. The van der Waals surface area contributed by atoms with E-state index >= 15 is 0 Å². The Bertz CT molecular complexity index is 623. The molecule has 2 aromatic rings. The quantitative estimate of drug-likeness (QED) is 0.489. The zero-order valence-corrected chi connectivity index (χ0v) is 8.94. The first kappa shape index (κ1) is 11.4. The largest absolute Gasteiger partial charge is 0.269 e. The first-order valence-corrected chi connectivity index (χ1v) is 4.81. The van der Waals surface area contributed by atoms with Gasteiger partial charge in [0.05, 0.1) is 4.92 Å². The van der Waals surface area contributed by atoms with Crippen LogP contribution in [-0.4, -0.2) is 25.5 Å². The molecule has 8 nitrogen and oxygen atoms in total. The van der Waals surface area contributed by atoms with Gasteiger partial charge in [-0.25, -0.2) is 0 Å². The number of aromatic amines is 1. The van der Waals surface area contributed by atoms with Gasteiger partial charge in [-0.3, -0.25) is 10.1 Å². The number of hydrogen-bond donors (Lipinski definition) is 1. The van der Waals surface area contributed by atoms with Crippen LogP contribution in [0.5, 0.6) is 0 Å². The molecule has 18 heavy (non-hydrogen) atoms. The summed E-state index contributed by atoms with van der Waals surface area (Å²) >= 11 is 0. The Labute approximate surface area is 101 Å². The van der Waals surface area contributed by atoms with Crippen LogP contribution in [0, 0.1) is 21.4 Å². The third-order valence-electron chi connectivity index (χ3n) is 2.12. The highest BCUT2D eigenvalue weighted by Gasteiger charge is 2.07. The van der Waals surface area contributed by atoms with E-state index in [4.69, 9.17) is 5.26 Å². The number of rotatable bonds is 3. The summed E-state index contributed by atoms with van der Waals surface area (Å²) in [6.07, 6.45) is 1.52. The van der Waals surface area contributed by atoms with Crippen LogP contribution in [0.3, 0.4) is 0 Å². The summed E-state index contributed by atoms with van der Waals surface area (Å²) in [5.41, 5.74) is 0.852. The molecule has 1 heterocycles. The van der Waals surface area contributed by atoms with Gasteiger partial charge >= 0.3 is 0 Å². The van der Waals surface area contributed by atoms with Crippen molar-refractivity contribution in [2.45, 2.75) is 0 Å². The number of nitro benzene ring substituents is 1. The molecule has 2 rings (SSSR count). The highest BCUT2D eigenvalue weighted by atomic mass is 16.6. The second-order valence-corrected chi connectivity index (χ2v) is 3.25. The summed E-state index contributed by atoms with van der Waals surface area (Å²) in [6.45, 7) is 0. The zero-order chi connectivity index (χ0) is 13.0. The first-order chi connectivity index (χ1) is 8.70. The van der Waals surface area contributed by atoms with Crippen LogP contribution in [0.15, 0.2) is 24.3 Å². The van der Waals surface area contributed by atoms with E-state index < -0.39 is 4.92 Å². The number of allylic oxidation sites excluding steroid dienone is 1. The Balaban J connectivity index is 2.32. The number of hydrogen-bond acceptors (Lipinski definition) is 6. The van der Waals surface area contributed by atoms with Gasteiger partial charge in [0.15, 0.2) is 0 Å². The maximum Gasteiger partial charge on any atom is 0.269 e. The van der Waals surface area contributed by atoms with E-state index in [0.717, 1.165) is 0 Å². The number of nitrogens with one attached hydrogen (secondary N) is 1. The molecule has 0 saturated carbocycles. The van der Waals surface area contributed by atoms with Crippen molar-refractivity contribution in [1.82, 2.24) is 20.6 Å². The zero-order valence-electron chi connectivity index (χ0n) is 8.94. The highest BCUT2D eigenvalue weighted by Crippen LogP contribution is 2.16. The third-order valence-corrected chi connectivity index (χ3v) is 2.12. The van der Waals surface area contributed by atoms with Gasteiger partial charge in [0.25, 0.3) is 5.69 Å². The SMILES string of the molecule is N#C/C(=C\c1ccc([N+](=O)[O-])cc1)c1nn[nH]n1. The van der Waals surface area contributed by atoms with E-state index in [9.17, 15) is 10.1 Å². The van der Waals surface area contributed by atoms with Crippen molar-refractivity contribution in [3.63, 3.8) is 0 Å². The number of aromatic nitrogens is 4. The molecule has 0 aliphatic rings. The van der Waals surface area contributed by atoms with E-state index in [1.165, 1.54) is 30.3 Å². The maximum atomic E-state index is 10.5. The van der Waals surface area contributed by atoms with Crippen LogP contribution in [-0.2, 0) is 0 Å². The minimum atomic E-state index is -0.488. The minimum Gasteiger partial charge on any atom is -0.258 e. The lowest BCUT2D eigenvalue weighted by atomic mass is 10.1. The molecule has 0 aliphatic carbocycles. The summed E-state index contributed by atoms with van der Waals surface area (Å²) < 4.78 is 0. The van der Waals surface area contributed by atoms with Crippen molar-refractivity contribution in [2.24, 2.45) is 0 Å². The summed E-state index contributed by atoms with van der Waals surface area (Å²) in [7, 11) is 0. The second-order valence-electron chi connectivity index (χ2n) is 3.25. The number of nitro groups is 1. The number of non-ortho nitro benzene ring substituents is 1. The Morgan fingerprint density at radius 3 is 2.67 bits per heavy atom. The monoisotopic (exact) mass is 242 g/mol. The van der Waals surface area contributed by atoms with Gasteiger partial charge in [-0.05, 0) is 29.0 Å². The third kappa shape index (κ3) is 2.35. The summed E-state index contributed by atoms with van der Waals surface area (Å²) in [5.74, 6) is 0.177. The van der Waals surface area contributed by atoms with Crippen LogP contribution in [0.1, 0.15) is 11.4 Å². The van der Waals surface area contributed by atoms with Crippen molar-refractivity contribution in [3.8, 4) is 6.07 Å². The molecule has 0 amide bonds. The fraction of sp³-hybridized carbons (Fsp3) is 0. The van der Waals surface area contributed by atoms with Gasteiger partial charge in [0.1, 0.15) is 11.6 Å². The summed E-state index contributed by atoms with van der Waals surface area (Å²) in [4.78, 5) is 9.99. The molecule has 1 aromatic heterocycles. The molecule has 0 aliphatic heterocycles. The van der Waals surface area contributed by atoms with Crippen LogP contribution in [0.25, 0.3) is 11.6 Å². The van der Waals surface area contributed by atoms with E-state index in [0.29, 0.717) is 5.56 Å². The summed E-state index contributed by atoms with van der Waals surface area (Å²) in [5, 5.41) is 32.4. The summed E-state index contributed by atoms with van der Waals surface area (Å²) in [6, 6.07) is 7.72. The van der Waals surface area contributed by atoms with E-state index in [-0.39, 0.29) is 17.1 Å². The lowest BCUT2D eigenvalue weighted by Gasteiger charge is -1.94. The molecule has 0 bridgehead atoms. The Morgan fingerprint density at radius 2 is 2.17 bits per heavy atom. The first-order valence-electron chi connectivity index (χ1n) is 4.81. The Morgan fingerprint density at radius 1 is 1.44 bits per heavy atom. The van der Waals surface area contributed by atoms with Gasteiger partial charge in [-0.15, -0.1) is 10.2 Å². The second kappa shape index (κ2) is 4.84. The molecule has 88 valence electrons. The van der Waals surface area contributed by atoms with Crippen LogP contribution >= 0.6 is 0 Å². The highest BCUT2D eigenvalue weighted by molar-refractivity contribution is 5.86. The predicted octanol–water partition coefficient (Wildman–Crippen LogP) is 1.17. The molecule has 0 atom stereocenters. The van der Waals surface area contributed by atoms with Crippen LogP contribution in [0.2, 0.25) is 0 Å². The molecule has 1 N–H and O–H groups in total. The number of benzene rings is 1. The Hall–Kier alpha value is -3.08. The lowest BCUT2D eigenvalue weighted by Crippen LogP contribution is -1.88. The van der Waals surface area contributed by atoms with Crippen molar-refractivity contribution < 1.29 is 4.92 Å². The topological polar surface area (TPSA) is 121 Å². The van der Waals surface area contributed by atoms with Gasteiger partial charge < -0.3 is 0 Å². The van der Waals surface area contributed by atoms with Gasteiger partial charge in [-0.1, -0.05) is 0 Å². The molecule has 0 saturated heterocycles. The molecule has 0 fully saturated rings. The molecule has 0 unspecified atom stereocenters. The van der Waals surface area contributed by atoms with Gasteiger partial charge in [0, 0.05) is 12.1 Å². The predicted molar refractivity (Wildman–Crippen MR) is 60.8 cm³/mol.